The molecule has 0 heterocycles. The molecule has 0 aliphatic heterocycles. The van der Waals surface area contributed by atoms with E-state index in [9.17, 15) is 4.79 Å². The van der Waals surface area contributed by atoms with Crippen LogP contribution < -0.4 is 12.4 Å². The molecule has 0 saturated carbocycles. The molecule has 2 nitrogen and oxygen atoms in total. The number of ether oxygens (including phenoxy) is 1. The predicted molar refractivity (Wildman–Crippen MR) is 245 cm³/mol. The topological polar surface area (TPSA) is 26.3 Å². The minimum Gasteiger partial charge on any atom is -1.00 e. The van der Waals surface area contributed by atoms with Crippen molar-refractivity contribution in [1.82, 2.24) is 0 Å². The third-order valence-electron chi connectivity index (χ3n) is 12.4. The summed E-state index contributed by atoms with van der Waals surface area (Å²) in [4.78, 5) is 11.9. The number of unbranched alkanes of at least 4 members (excludes halogenated alkanes) is 34. The molecule has 54 heavy (non-hydrogen) atoms. The maximum Gasteiger partial charge on any atom is 0.330 e. The lowest BCUT2D eigenvalue weighted by molar-refractivity contribution is -0.137. The standard InChI is InChI=1S/C50H100O2P.ClH/c1-6-10-13-15-17-19-21-23-25-27-29-31-33-35-37-39-41-43-48-53(5,47-12-8-3)49(45-46-52-50(51)9-4)44-42-40-38-36-34-32-30-28-26-24-22-20-18-16-14-11-7-2;/h9,49H,4,6-8,10-48H2,1-3,5H3;1H/q+1;/p-1. The predicted octanol–water partition coefficient (Wildman–Crippen LogP) is 15.0. The van der Waals surface area contributed by atoms with E-state index in [1.54, 1.807) is 0 Å². The van der Waals surface area contributed by atoms with E-state index in [0.717, 1.165) is 12.1 Å². The molecular formula is C50H100ClO2P. The number of hydrogen-bond donors (Lipinski definition) is 0. The van der Waals surface area contributed by atoms with Gasteiger partial charge in [-0.2, -0.15) is 0 Å². The molecule has 0 aromatic rings. The van der Waals surface area contributed by atoms with Gasteiger partial charge in [-0.3, -0.25) is 0 Å². The Morgan fingerprint density at radius 2 is 0.722 bits per heavy atom. The van der Waals surface area contributed by atoms with Gasteiger partial charge < -0.3 is 17.1 Å². The van der Waals surface area contributed by atoms with Crippen LogP contribution in [0.4, 0.5) is 0 Å². The first kappa shape index (κ1) is 56.0. The van der Waals surface area contributed by atoms with Crippen molar-refractivity contribution in [2.75, 3.05) is 25.6 Å². The highest BCUT2D eigenvalue weighted by molar-refractivity contribution is 7.75. The normalized spacial score (nSPS) is 13.0. The second kappa shape index (κ2) is 45.6. The van der Waals surface area contributed by atoms with Crippen molar-refractivity contribution in [2.24, 2.45) is 0 Å². The molecule has 0 aliphatic rings. The van der Waals surface area contributed by atoms with Crippen LogP contribution in [-0.2, 0) is 9.53 Å². The largest absolute Gasteiger partial charge is 1.00 e. The van der Waals surface area contributed by atoms with Crippen LogP contribution in [0, 0.1) is 0 Å². The van der Waals surface area contributed by atoms with Crippen molar-refractivity contribution in [3.63, 3.8) is 0 Å². The summed E-state index contributed by atoms with van der Waals surface area (Å²) in [5.74, 6) is -0.251. The SMILES string of the molecule is C=CC(=O)OCCC(CCCCCCCCCCCCCCCCCCC)[P+](C)(CCCC)CCCCCCCCCCCCCCCCCCCC.[Cl-]. The van der Waals surface area contributed by atoms with Crippen LogP contribution in [0.3, 0.4) is 0 Å². The Hall–Kier alpha value is -0.0700. The average Bonchev–Trinajstić information content (AvgIpc) is 3.16. The quantitative estimate of drug-likeness (QED) is 0.0265. The van der Waals surface area contributed by atoms with Crippen LogP contribution >= 0.6 is 7.26 Å². The molecular weight excluding hydrogens is 699 g/mol. The summed E-state index contributed by atoms with van der Waals surface area (Å²) in [6.45, 7) is 13.9. The van der Waals surface area contributed by atoms with Crippen molar-refractivity contribution in [2.45, 2.75) is 277 Å². The highest BCUT2D eigenvalue weighted by atomic mass is 35.5. The number of hydrogen-bond acceptors (Lipinski definition) is 2. The van der Waals surface area contributed by atoms with Gasteiger partial charge in [-0.1, -0.05) is 239 Å². The van der Waals surface area contributed by atoms with E-state index >= 15 is 0 Å². The lowest BCUT2D eigenvalue weighted by atomic mass is 10.0. The number of rotatable bonds is 45. The van der Waals surface area contributed by atoms with E-state index in [1.165, 1.54) is 262 Å². The summed E-state index contributed by atoms with van der Waals surface area (Å²) in [6.07, 6.45) is 59.6. The van der Waals surface area contributed by atoms with Crippen molar-refractivity contribution < 1.29 is 21.9 Å². The number of halogens is 1. The van der Waals surface area contributed by atoms with Crippen molar-refractivity contribution >= 4 is 13.2 Å². The fourth-order valence-electron chi connectivity index (χ4n) is 8.60. The minimum absolute atomic E-state index is 0. The van der Waals surface area contributed by atoms with Gasteiger partial charge in [0, 0.05) is 26.4 Å². The molecule has 0 saturated heterocycles. The molecule has 0 fully saturated rings. The number of carbonyl (C=O) groups is 1. The Labute approximate surface area is 348 Å². The molecule has 0 amide bonds. The fraction of sp³-hybridized carbons (Fsp3) is 0.940. The van der Waals surface area contributed by atoms with E-state index in [2.05, 4.69) is 34.0 Å². The van der Waals surface area contributed by atoms with Gasteiger partial charge >= 0.3 is 5.97 Å². The van der Waals surface area contributed by atoms with Gasteiger partial charge in [-0.15, -0.1) is 0 Å². The van der Waals surface area contributed by atoms with Gasteiger partial charge in [0.1, 0.15) is 0 Å². The summed E-state index contributed by atoms with van der Waals surface area (Å²) < 4.78 is 5.56. The van der Waals surface area contributed by atoms with Crippen LogP contribution in [0.1, 0.15) is 271 Å². The molecule has 0 aliphatic carbocycles. The number of esters is 1. The molecule has 0 spiro atoms. The van der Waals surface area contributed by atoms with Gasteiger partial charge in [0.05, 0.1) is 24.6 Å². The Bertz CT molecular complexity index is 744. The van der Waals surface area contributed by atoms with Crippen molar-refractivity contribution in [3.8, 4) is 0 Å². The van der Waals surface area contributed by atoms with E-state index in [-0.39, 0.29) is 18.4 Å². The molecule has 2 unspecified atom stereocenters. The third-order valence-corrected chi connectivity index (χ3v) is 17.4. The van der Waals surface area contributed by atoms with Crippen molar-refractivity contribution in [3.05, 3.63) is 12.7 Å². The molecule has 324 valence electrons. The first-order valence-electron chi connectivity index (χ1n) is 24.7. The zero-order chi connectivity index (χ0) is 38.8. The van der Waals surface area contributed by atoms with Gasteiger partial charge in [-0.05, 0) is 32.1 Å². The van der Waals surface area contributed by atoms with Crippen LogP contribution in [0.5, 0.6) is 0 Å². The van der Waals surface area contributed by atoms with E-state index in [4.69, 9.17) is 4.74 Å². The van der Waals surface area contributed by atoms with Crippen molar-refractivity contribution in [1.29, 1.82) is 0 Å². The van der Waals surface area contributed by atoms with Gasteiger partial charge in [0.25, 0.3) is 0 Å². The lowest BCUT2D eigenvalue weighted by Gasteiger charge is -2.32. The summed E-state index contributed by atoms with van der Waals surface area (Å²) in [5, 5.41) is 0. The average molecular weight is 800 g/mol. The lowest BCUT2D eigenvalue weighted by Crippen LogP contribution is -3.00. The Morgan fingerprint density at radius 3 is 1.04 bits per heavy atom. The second-order valence-electron chi connectivity index (χ2n) is 17.6. The summed E-state index contributed by atoms with van der Waals surface area (Å²) in [7, 11) is -1.06. The molecule has 0 bridgehead atoms. The zero-order valence-electron chi connectivity index (χ0n) is 37.7. The van der Waals surface area contributed by atoms with Gasteiger partial charge in [0.15, 0.2) is 0 Å². The summed E-state index contributed by atoms with van der Waals surface area (Å²) in [6, 6.07) is 0. The minimum atomic E-state index is -1.06. The highest BCUT2D eigenvalue weighted by Gasteiger charge is 2.39. The Kier molecular flexibility index (Phi) is 47.3. The van der Waals surface area contributed by atoms with E-state index in [0.29, 0.717) is 6.61 Å². The molecule has 0 aromatic carbocycles. The first-order chi connectivity index (χ1) is 26.0. The molecule has 0 radical (unpaired) electrons. The fourth-order valence-corrected chi connectivity index (χ4v) is 13.1. The van der Waals surface area contributed by atoms with Crippen LogP contribution in [0.15, 0.2) is 12.7 Å². The molecule has 2 atom stereocenters. The monoisotopic (exact) mass is 799 g/mol. The zero-order valence-corrected chi connectivity index (χ0v) is 39.4. The summed E-state index contributed by atoms with van der Waals surface area (Å²) >= 11 is 0. The third kappa shape index (κ3) is 38.8. The summed E-state index contributed by atoms with van der Waals surface area (Å²) in [5.41, 5.74) is 0.758. The van der Waals surface area contributed by atoms with E-state index in [1.807, 2.05) is 0 Å². The molecule has 4 heteroatoms. The van der Waals surface area contributed by atoms with E-state index < -0.39 is 7.26 Å². The first-order valence-corrected chi connectivity index (χ1v) is 27.3. The maximum atomic E-state index is 11.9. The number of carbonyl (C=O) groups excluding carboxylic acids is 1. The second-order valence-corrected chi connectivity index (χ2v) is 22.1. The van der Waals surface area contributed by atoms with Gasteiger partial charge in [-0.25, -0.2) is 4.79 Å². The molecule has 0 rings (SSSR count). The van der Waals surface area contributed by atoms with Gasteiger partial charge in [0.2, 0.25) is 0 Å². The van der Waals surface area contributed by atoms with Crippen LogP contribution in [0.2, 0.25) is 0 Å². The molecule has 0 aromatic heterocycles. The smallest absolute Gasteiger partial charge is 0.330 e. The highest BCUT2D eigenvalue weighted by Crippen LogP contribution is 2.63. The van der Waals surface area contributed by atoms with Crippen LogP contribution in [-0.4, -0.2) is 37.2 Å². The maximum absolute atomic E-state index is 11.9. The molecule has 0 N–H and O–H groups in total. The Balaban J connectivity index is 0. The van der Waals surface area contributed by atoms with Crippen LogP contribution in [0.25, 0.3) is 0 Å². The Morgan fingerprint density at radius 1 is 0.444 bits per heavy atom.